The Morgan fingerprint density at radius 1 is 1.29 bits per heavy atom. The zero-order valence-electron chi connectivity index (χ0n) is 12.4. The molecule has 0 aliphatic rings. The van der Waals surface area contributed by atoms with Gasteiger partial charge in [0.25, 0.3) is 5.56 Å². The van der Waals surface area contributed by atoms with Gasteiger partial charge in [-0.25, -0.2) is 0 Å². The summed E-state index contributed by atoms with van der Waals surface area (Å²) >= 11 is 0. The molecular weight excluding hydrogens is 266 g/mol. The fourth-order valence-electron chi connectivity index (χ4n) is 2.25. The molecule has 0 amide bonds. The van der Waals surface area contributed by atoms with Crippen molar-refractivity contribution in [3.8, 4) is 16.9 Å². The summed E-state index contributed by atoms with van der Waals surface area (Å²) in [5, 5.41) is 9.53. The van der Waals surface area contributed by atoms with Crippen molar-refractivity contribution in [3.05, 3.63) is 46.9 Å². The van der Waals surface area contributed by atoms with E-state index in [4.69, 9.17) is 5.73 Å². The van der Waals surface area contributed by atoms with E-state index in [0.717, 1.165) is 18.5 Å². The standard InChI is InChI=1S/C16H21N3O2/c1-18(2)8-4-9-19-10-7-14(15(17)16(19)21)12-5-3-6-13(20)11-12/h3,5-7,10-11,20H,4,8-9,17H2,1-2H3. The maximum absolute atomic E-state index is 12.3. The van der Waals surface area contributed by atoms with Gasteiger partial charge in [0.2, 0.25) is 0 Å². The molecule has 2 aromatic rings. The Hall–Kier alpha value is -2.27. The van der Waals surface area contributed by atoms with Crippen LogP contribution in [0.2, 0.25) is 0 Å². The summed E-state index contributed by atoms with van der Waals surface area (Å²) in [6.45, 7) is 1.56. The van der Waals surface area contributed by atoms with Gasteiger partial charge in [-0.1, -0.05) is 12.1 Å². The van der Waals surface area contributed by atoms with Crippen LogP contribution in [-0.4, -0.2) is 35.2 Å². The van der Waals surface area contributed by atoms with E-state index in [-0.39, 0.29) is 17.0 Å². The number of phenols is 1. The summed E-state index contributed by atoms with van der Waals surface area (Å²) in [6.07, 6.45) is 2.64. The van der Waals surface area contributed by atoms with E-state index in [1.54, 1.807) is 29.0 Å². The molecule has 2 rings (SSSR count). The second-order valence-corrected chi connectivity index (χ2v) is 5.35. The van der Waals surface area contributed by atoms with Crippen LogP contribution in [0.5, 0.6) is 5.75 Å². The molecule has 0 fully saturated rings. The number of phenolic OH excluding ortho intramolecular Hbond substituents is 1. The van der Waals surface area contributed by atoms with Crippen LogP contribution in [0.3, 0.4) is 0 Å². The van der Waals surface area contributed by atoms with Crippen molar-refractivity contribution in [1.29, 1.82) is 0 Å². The van der Waals surface area contributed by atoms with Gasteiger partial charge in [-0.2, -0.15) is 0 Å². The predicted molar refractivity (Wildman–Crippen MR) is 85.4 cm³/mol. The van der Waals surface area contributed by atoms with E-state index >= 15 is 0 Å². The first-order valence-electron chi connectivity index (χ1n) is 6.92. The number of nitrogens with zero attached hydrogens (tertiary/aromatic N) is 2. The van der Waals surface area contributed by atoms with Crippen LogP contribution >= 0.6 is 0 Å². The number of aryl methyl sites for hydroxylation is 1. The maximum atomic E-state index is 12.3. The van der Waals surface area contributed by atoms with Gasteiger partial charge in [0, 0.05) is 18.3 Å². The summed E-state index contributed by atoms with van der Waals surface area (Å²) in [5.74, 6) is 0.155. The summed E-state index contributed by atoms with van der Waals surface area (Å²) in [7, 11) is 4.00. The van der Waals surface area contributed by atoms with Gasteiger partial charge in [0.1, 0.15) is 11.4 Å². The van der Waals surface area contributed by atoms with Crippen molar-refractivity contribution >= 4 is 5.69 Å². The van der Waals surface area contributed by atoms with E-state index in [2.05, 4.69) is 4.90 Å². The largest absolute Gasteiger partial charge is 0.508 e. The summed E-state index contributed by atoms with van der Waals surface area (Å²) < 4.78 is 1.63. The summed E-state index contributed by atoms with van der Waals surface area (Å²) in [6, 6.07) is 8.55. The fourth-order valence-corrected chi connectivity index (χ4v) is 2.25. The van der Waals surface area contributed by atoms with E-state index in [0.29, 0.717) is 12.1 Å². The van der Waals surface area contributed by atoms with E-state index in [1.165, 1.54) is 0 Å². The Balaban J connectivity index is 2.27. The Labute approximate surface area is 124 Å². The van der Waals surface area contributed by atoms with Crippen molar-refractivity contribution < 1.29 is 5.11 Å². The first-order chi connectivity index (χ1) is 9.99. The molecule has 0 bridgehead atoms. The smallest absolute Gasteiger partial charge is 0.274 e. The molecule has 0 unspecified atom stereocenters. The summed E-state index contributed by atoms with van der Waals surface area (Å²) in [4.78, 5) is 14.4. The Bertz CT molecular complexity index is 677. The van der Waals surface area contributed by atoms with Gasteiger partial charge in [0.05, 0.1) is 0 Å². The number of anilines is 1. The highest BCUT2D eigenvalue weighted by molar-refractivity contribution is 5.76. The minimum absolute atomic E-state index is 0.155. The van der Waals surface area contributed by atoms with Crippen LogP contribution in [-0.2, 0) is 6.54 Å². The molecule has 0 aliphatic carbocycles. The lowest BCUT2D eigenvalue weighted by molar-refractivity contribution is 0.385. The van der Waals surface area contributed by atoms with Gasteiger partial charge < -0.3 is 20.3 Å². The molecule has 1 aromatic carbocycles. The lowest BCUT2D eigenvalue weighted by Crippen LogP contribution is -2.25. The Morgan fingerprint density at radius 2 is 2.05 bits per heavy atom. The molecule has 5 nitrogen and oxygen atoms in total. The van der Waals surface area contributed by atoms with Gasteiger partial charge >= 0.3 is 0 Å². The number of aromatic nitrogens is 1. The molecular formula is C16H21N3O2. The lowest BCUT2D eigenvalue weighted by atomic mass is 10.1. The zero-order valence-corrected chi connectivity index (χ0v) is 12.4. The molecule has 0 aliphatic heterocycles. The van der Waals surface area contributed by atoms with Gasteiger partial charge in [-0.15, -0.1) is 0 Å². The third-order valence-electron chi connectivity index (χ3n) is 3.36. The van der Waals surface area contributed by atoms with Gasteiger partial charge in [-0.05, 0) is 50.8 Å². The highest BCUT2D eigenvalue weighted by atomic mass is 16.3. The van der Waals surface area contributed by atoms with Gasteiger partial charge in [-0.3, -0.25) is 4.79 Å². The molecule has 1 aromatic heterocycles. The topological polar surface area (TPSA) is 71.5 Å². The summed E-state index contributed by atoms with van der Waals surface area (Å²) in [5.41, 5.74) is 7.40. The average molecular weight is 287 g/mol. The van der Waals surface area contributed by atoms with Gasteiger partial charge in [0.15, 0.2) is 0 Å². The number of hydrogen-bond acceptors (Lipinski definition) is 4. The number of benzene rings is 1. The third-order valence-corrected chi connectivity index (χ3v) is 3.36. The first kappa shape index (κ1) is 15.1. The molecule has 3 N–H and O–H groups in total. The van der Waals surface area contributed by atoms with E-state index in [1.807, 2.05) is 26.2 Å². The highest BCUT2D eigenvalue weighted by Gasteiger charge is 2.09. The normalized spacial score (nSPS) is 11.0. The van der Waals surface area contributed by atoms with Crippen LogP contribution in [0, 0.1) is 0 Å². The highest BCUT2D eigenvalue weighted by Crippen LogP contribution is 2.25. The van der Waals surface area contributed by atoms with Crippen LogP contribution in [0.4, 0.5) is 5.69 Å². The predicted octanol–water partition coefficient (Wildman–Crippen LogP) is 1.75. The SMILES string of the molecule is CN(C)CCCn1ccc(-c2cccc(O)c2)c(N)c1=O. The number of aromatic hydroxyl groups is 1. The monoisotopic (exact) mass is 287 g/mol. The third kappa shape index (κ3) is 3.64. The maximum Gasteiger partial charge on any atom is 0.274 e. The van der Waals surface area contributed by atoms with Crippen molar-refractivity contribution in [1.82, 2.24) is 9.47 Å². The number of rotatable bonds is 5. The van der Waals surface area contributed by atoms with Crippen molar-refractivity contribution in [3.63, 3.8) is 0 Å². The van der Waals surface area contributed by atoms with Crippen molar-refractivity contribution in [2.24, 2.45) is 0 Å². The Kier molecular flexibility index (Phi) is 4.65. The zero-order chi connectivity index (χ0) is 15.4. The number of hydrogen-bond donors (Lipinski definition) is 2. The molecule has 112 valence electrons. The molecule has 21 heavy (non-hydrogen) atoms. The minimum atomic E-state index is -0.186. The number of pyridine rings is 1. The molecule has 1 heterocycles. The molecule has 0 atom stereocenters. The van der Waals surface area contributed by atoms with Crippen LogP contribution < -0.4 is 11.3 Å². The number of nitrogen functional groups attached to an aromatic ring is 1. The number of nitrogens with two attached hydrogens (primary N) is 1. The Morgan fingerprint density at radius 3 is 2.71 bits per heavy atom. The minimum Gasteiger partial charge on any atom is -0.508 e. The molecule has 0 saturated heterocycles. The lowest BCUT2D eigenvalue weighted by Gasteiger charge is -2.12. The fraction of sp³-hybridized carbons (Fsp3) is 0.312. The van der Waals surface area contributed by atoms with Crippen molar-refractivity contribution in [2.45, 2.75) is 13.0 Å². The molecule has 0 radical (unpaired) electrons. The van der Waals surface area contributed by atoms with Crippen LogP contribution in [0.1, 0.15) is 6.42 Å². The van der Waals surface area contributed by atoms with Crippen molar-refractivity contribution in [2.75, 3.05) is 26.4 Å². The quantitative estimate of drug-likeness (QED) is 0.879. The first-order valence-corrected chi connectivity index (χ1v) is 6.92. The molecule has 0 spiro atoms. The average Bonchev–Trinajstić information content (AvgIpc) is 2.43. The second kappa shape index (κ2) is 6.45. The van der Waals surface area contributed by atoms with E-state index in [9.17, 15) is 9.90 Å². The van der Waals surface area contributed by atoms with Crippen LogP contribution in [0.25, 0.3) is 11.1 Å². The second-order valence-electron chi connectivity index (χ2n) is 5.35. The molecule has 5 heteroatoms. The molecule has 0 saturated carbocycles. The van der Waals surface area contributed by atoms with E-state index < -0.39 is 0 Å². The van der Waals surface area contributed by atoms with Crippen LogP contribution in [0.15, 0.2) is 41.3 Å².